The van der Waals surface area contributed by atoms with Crippen LogP contribution in [-0.2, 0) is 28.5 Å². The average molecular weight is 500 g/mol. The van der Waals surface area contributed by atoms with Crippen molar-refractivity contribution in [2.24, 2.45) is 5.41 Å². The number of ketones is 1. The fourth-order valence-electron chi connectivity index (χ4n) is 3.59. The molecule has 1 aliphatic heterocycles. The number of rotatable bonds is 9. The van der Waals surface area contributed by atoms with Crippen molar-refractivity contribution in [1.82, 2.24) is 5.32 Å². The number of hydrogen-bond donors (Lipinski definition) is 1. The number of halogens is 2. The SMILES string of the molecule is CCOC(=O)C(C[C@H]1CNCCO1)(C(=O)OCC)C(=O)c1c(F)cc(C(=O)OC(C)(C)C)cc1F. The monoisotopic (exact) mass is 499 g/mol. The molecule has 194 valence electrons. The lowest BCUT2D eigenvalue weighted by Crippen LogP contribution is -2.53. The number of benzene rings is 1. The smallest absolute Gasteiger partial charge is 0.338 e. The van der Waals surface area contributed by atoms with Crippen LogP contribution in [0.4, 0.5) is 8.78 Å². The van der Waals surface area contributed by atoms with Crippen LogP contribution in [0.15, 0.2) is 12.1 Å². The highest BCUT2D eigenvalue weighted by atomic mass is 19.1. The van der Waals surface area contributed by atoms with Gasteiger partial charge in [0.05, 0.1) is 37.1 Å². The van der Waals surface area contributed by atoms with Crippen molar-refractivity contribution < 1.29 is 46.9 Å². The fraction of sp³-hybridized carbons (Fsp3) is 0.583. The van der Waals surface area contributed by atoms with Gasteiger partial charge in [0.15, 0.2) is 5.78 Å². The second-order valence-electron chi connectivity index (χ2n) is 8.89. The Morgan fingerprint density at radius 1 is 1.03 bits per heavy atom. The topological polar surface area (TPSA) is 117 Å². The van der Waals surface area contributed by atoms with Crippen LogP contribution >= 0.6 is 0 Å². The molecule has 1 saturated heterocycles. The Hall–Kier alpha value is -2.92. The minimum Gasteiger partial charge on any atom is -0.465 e. The molecule has 0 unspecified atom stereocenters. The molecule has 1 aromatic rings. The molecule has 1 fully saturated rings. The summed E-state index contributed by atoms with van der Waals surface area (Å²) >= 11 is 0. The minimum absolute atomic E-state index is 0.177. The Balaban J connectivity index is 2.62. The molecule has 9 nitrogen and oxygen atoms in total. The van der Waals surface area contributed by atoms with Gasteiger partial charge in [0.25, 0.3) is 0 Å². The van der Waals surface area contributed by atoms with Crippen LogP contribution in [-0.4, -0.2) is 68.3 Å². The van der Waals surface area contributed by atoms with Crippen LogP contribution in [0.2, 0.25) is 0 Å². The molecule has 35 heavy (non-hydrogen) atoms. The molecule has 11 heteroatoms. The van der Waals surface area contributed by atoms with Gasteiger partial charge >= 0.3 is 17.9 Å². The summed E-state index contributed by atoms with van der Waals surface area (Å²) in [6.07, 6.45) is -1.39. The summed E-state index contributed by atoms with van der Waals surface area (Å²) in [5.41, 5.74) is -5.33. The molecular formula is C24H31F2NO8. The Bertz CT molecular complexity index is 926. The number of esters is 3. The van der Waals surface area contributed by atoms with Gasteiger partial charge in [-0.1, -0.05) is 0 Å². The van der Waals surface area contributed by atoms with E-state index in [-0.39, 0.29) is 26.4 Å². The van der Waals surface area contributed by atoms with Gasteiger partial charge in [-0.25, -0.2) is 13.6 Å². The molecule has 0 amide bonds. The highest BCUT2D eigenvalue weighted by molar-refractivity contribution is 6.25. The lowest BCUT2D eigenvalue weighted by Gasteiger charge is -2.33. The van der Waals surface area contributed by atoms with E-state index in [1.54, 1.807) is 20.8 Å². The third-order valence-corrected chi connectivity index (χ3v) is 5.08. The molecule has 1 atom stereocenters. The van der Waals surface area contributed by atoms with Crippen molar-refractivity contribution >= 4 is 23.7 Å². The minimum atomic E-state index is -2.73. The predicted octanol–water partition coefficient (Wildman–Crippen LogP) is 2.59. The average Bonchev–Trinajstić information content (AvgIpc) is 2.76. The van der Waals surface area contributed by atoms with Crippen LogP contribution in [0.25, 0.3) is 0 Å². The Kier molecular flexibility index (Phi) is 9.45. The maximum Gasteiger partial charge on any atom is 0.338 e. The van der Waals surface area contributed by atoms with E-state index in [0.29, 0.717) is 18.7 Å². The summed E-state index contributed by atoms with van der Waals surface area (Å²) in [5.74, 6) is -8.03. The van der Waals surface area contributed by atoms with Gasteiger partial charge in [0.1, 0.15) is 17.2 Å². The number of nitrogens with one attached hydrogen (secondary N) is 1. The zero-order chi connectivity index (χ0) is 26.4. The van der Waals surface area contributed by atoms with Crippen LogP contribution < -0.4 is 5.32 Å². The van der Waals surface area contributed by atoms with Crippen molar-refractivity contribution in [3.63, 3.8) is 0 Å². The molecule has 1 aromatic carbocycles. The van der Waals surface area contributed by atoms with Crippen molar-refractivity contribution in [2.45, 2.75) is 52.7 Å². The van der Waals surface area contributed by atoms with E-state index in [4.69, 9.17) is 18.9 Å². The van der Waals surface area contributed by atoms with Crippen LogP contribution in [0, 0.1) is 17.0 Å². The van der Waals surface area contributed by atoms with Gasteiger partial charge in [-0.3, -0.25) is 14.4 Å². The second-order valence-corrected chi connectivity index (χ2v) is 8.89. The molecule has 1 aliphatic rings. The third kappa shape index (κ3) is 6.61. The van der Waals surface area contributed by atoms with Crippen molar-refractivity contribution in [2.75, 3.05) is 32.9 Å². The lowest BCUT2D eigenvalue weighted by molar-refractivity contribution is -0.170. The first-order valence-electron chi connectivity index (χ1n) is 11.3. The first kappa shape index (κ1) is 28.3. The Morgan fingerprint density at radius 3 is 2.00 bits per heavy atom. The standard InChI is InChI=1S/C24H31F2NO8/c1-6-32-21(30)24(22(31)33-7-2,12-15-13-27-8-9-34-15)19(28)18-16(25)10-14(11-17(18)26)20(29)35-23(3,4)5/h10-11,15,27H,6-9,12-13H2,1-5H3/t15-/m0/s1. The van der Waals surface area contributed by atoms with Gasteiger partial charge in [-0.05, 0) is 46.8 Å². The highest BCUT2D eigenvalue weighted by Gasteiger charge is 2.58. The van der Waals surface area contributed by atoms with Crippen molar-refractivity contribution in [3.8, 4) is 0 Å². The zero-order valence-corrected chi connectivity index (χ0v) is 20.5. The summed E-state index contributed by atoms with van der Waals surface area (Å²) in [4.78, 5) is 52.1. The largest absolute Gasteiger partial charge is 0.465 e. The molecule has 0 aromatic heterocycles. The van der Waals surface area contributed by atoms with Gasteiger partial charge in [-0.2, -0.15) is 0 Å². The maximum absolute atomic E-state index is 15.1. The summed E-state index contributed by atoms with van der Waals surface area (Å²) < 4.78 is 51.0. The number of hydrogen-bond acceptors (Lipinski definition) is 9. The predicted molar refractivity (Wildman–Crippen MR) is 119 cm³/mol. The Morgan fingerprint density at radius 2 is 1.57 bits per heavy atom. The Labute approximate surface area is 202 Å². The molecule has 0 bridgehead atoms. The first-order chi connectivity index (χ1) is 16.4. The van der Waals surface area contributed by atoms with Gasteiger partial charge < -0.3 is 24.3 Å². The number of ether oxygens (including phenoxy) is 4. The normalized spacial score (nSPS) is 16.4. The fourth-order valence-corrected chi connectivity index (χ4v) is 3.59. The van der Waals surface area contributed by atoms with Crippen molar-refractivity contribution in [3.05, 3.63) is 34.9 Å². The van der Waals surface area contributed by atoms with E-state index < -0.39 is 70.0 Å². The van der Waals surface area contributed by atoms with Crippen LogP contribution in [0.3, 0.4) is 0 Å². The number of carbonyl (C=O) groups is 4. The van der Waals surface area contributed by atoms with Gasteiger partial charge in [0.2, 0.25) is 5.41 Å². The van der Waals surface area contributed by atoms with Crippen molar-refractivity contribution in [1.29, 1.82) is 0 Å². The van der Waals surface area contributed by atoms with Crippen LogP contribution in [0.5, 0.6) is 0 Å². The summed E-state index contributed by atoms with van der Waals surface area (Å²) in [5, 5.41) is 3.00. The number of morpholine rings is 1. The van der Waals surface area contributed by atoms with E-state index >= 15 is 8.78 Å². The summed E-state index contributed by atoms with van der Waals surface area (Å²) in [6, 6.07) is 1.23. The van der Waals surface area contributed by atoms with Crippen LogP contribution in [0.1, 0.15) is 61.8 Å². The van der Waals surface area contributed by atoms with Gasteiger partial charge in [-0.15, -0.1) is 0 Å². The molecular weight excluding hydrogens is 468 g/mol. The molecule has 0 spiro atoms. The quantitative estimate of drug-likeness (QED) is 0.237. The highest BCUT2D eigenvalue weighted by Crippen LogP contribution is 2.36. The number of Topliss-reactive ketones (excluding diaryl/α,β-unsaturated/α-hetero) is 1. The molecule has 0 radical (unpaired) electrons. The molecule has 0 aliphatic carbocycles. The second kappa shape index (κ2) is 11.7. The number of carbonyl (C=O) groups excluding carboxylic acids is 4. The van der Waals surface area contributed by atoms with E-state index in [2.05, 4.69) is 5.32 Å². The lowest BCUT2D eigenvalue weighted by atomic mass is 9.75. The molecule has 0 saturated carbocycles. The van der Waals surface area contributed by atoms with E-state index in [0.717, 1.165) is 0 Å². The molecule has 1 N–H and O–H groups in total. The molecule has 1 heterocycles. The summed E-state index contributed by atoms with van der Waals surface area (Å²) in [7, 11) is 0. The van der Waals surface area contributed by atoms with E-state index in [1.807, 2.05) is 0 Å². The zero-order valence-electron chi connectivity index (χ0n) is 20.5. The maximum atomic E-state index is 15.1. The first-order valence-corrected chi connectivity index (χ1v) is 11.3. The van der Waals surface area contributed by atoms with Gasteiger partial charge in [0, 0.05) is 19.5 Å². The summed E-state index contributed by atoms with van der Waals surface area (Å²) in [6.45, 7) is 8.12. The third-order valence-electron chi connectivity index (χ3n) is 5.08. The van der Waals surface area contributed by atoms with E-state index in [9.17, 15) is 19.2 Å². The van der Waals surface area contributed by atoms with E-state index in [1.165, 1.54) is 13.8 Å². The molecule has 2 rings (SSSR count).